The van der Waals surface area contributed by atoms with Crippen LogP contribution in [0.15, 0.2) is 59.6 Å². The van der Waals surface area contributed by atoms with Crippen LogP contribution < -0.4 is 10.6 Å². The SMILES string of the molecule is CN=C(NCCc1cccc(Cl)c1)NCC1CC(=O)N(CCc2ccccc2)C1.I. The summed E-state index contributed by atoms with van der Waals surface area (Å²) in [5, 5.41) is 7.44. The Balaban J connectivity index is 0.00000320. The standard InChI is InChI=1S/C23H29ClN4O.HI/c1-25-23(26-12-10-19-8-5-9-21(24)14-19)27-16-20-15-22(29)28(17-20)13-11-18-6-3-2-4-7-18;/h2-9,14,20H,10-13,15-17H2,1H3,(H2,25,26,27);1H. The second-order valence-corrected chi connectivity index (χ2v) is 7.84. The fourth-order valence-electron chi connectivity index (χ4n) is 3.59. The monoisotopic (exact) mass is 540 g/mol. The van der Waals surface area contributed by atoms with Crippen LogP contribution in [0.4, 0.5) is 0 Å². The van der Waals surface area contributed by atoms with Crippen molar-refractivity contribution in [3.63, 3.8) is 0 Å². The van der Waals surface area contributed by atoms with E-state index in [0.29, 0.717) is 12.3 Å². The van der Waals surface area contributed by atoms with E-state index in [4.69, 9.17) is 11.6 Å². The molecule has 0 bridgehead atoms. The molecule has 0 saturated carbocycles. The van der Waals surface area contributed by atoms with E-state index in [-0.39, 0.29) is 29.9 Å². The van der Waals surface area contributed by atoms with Crippen LogP contribution in [0.2, 0.25) is 5.02 Å². The van der Waals surface area contributed by atoms with Gasteiger partial charge in [0.1, 0.15) is 0 Å². The van der Waals surface area contributed by atoms with Crippen LogP contribution in [0.5, 0.6) is 0 Å². The number of likely N-dealkylation sites (tertiary alicyclic amines) is 1. The van der Waals surface area contributed by atoms with E-state index in [1.165, 1.54) is 11.1 Å². The van der Waals surface area contributed by atoms with Crippen molar-refractivity contribution in [2.45, 2.75) is 19.3 Å². The number of benzene rings is 2. The lowest BCUT2D eigenvalue weighted by Gasteiger charge is -2.18. The zero-order chi connectivity index (χ0) is 20.5. The lowest BCUT2D eigenvalue weighted by Crippen LogP contribution is -2.41. The summed E-state index contributed by atoms with van der Waals surface area (Å²) in [7, 11) is 1.76. The van der Waals surface area contributed by atoms with Crippen molar-refractivity contribution in [1.82, 2.24) is 15.5 Å². The van der Waals surface area contributed by atoms with Crippen molar-refractivity contribution in [2.24, 2.45) is 10.9 Å². The van der Waals surface area contributed by atoms with Crippen molar-refractivity contribution >= 4 is 47.4 Å². The Labute approximate surface area is 201 Å². The second kappa shape index (κ2) is 12.8. The number of hydrogen-bond donors (Lipinski definition) is 2. The molecule has 1 aliphatic heterocycles. The van der Waals surface area contributed by atoms with Crippen molar-refractivity contribution in [1.29, 1.82) is 0 Å². The molecule has 162 valence electrons. The van der Waals surface area contributed by atoms with Crippen LogP contribution in [0, 0.1) is 5.92 Å². The van der Waals surface area contributed by atoms with Gasteiger partial charge >= 0.3 is 0 Å². The van der Waals surface area contributed by atoms with E-state index < -0.39 is 0 Å². The van der Waals surface area contributed by atoms with Crippen molar-refractivity contribution in [3.8, 4) is 0 Å². The highest BCUT2D eigenvalue weighted by Gasteiger charge is 2.29. The molecule has 1 amide bonds. The van der Waals surface area contributed by atoms with Crippen molar-refractivity contribution in [3.05, 3.63) is 70.7 Å². The minimum atomic E-state index is 0. The molecule has 1 atom stereocenters. The molecular formula is C23H30ClIN4O. The van der Waals surface area contributed by atoms with Gasteiger partial charge in [-0.3, -0.25) is 9.79 Å². The minimum absolute atomic E-state index is 0. The number of rotatable bonds is 8. The Morgan fingerprint density at radius 1 is 1.10 bits per heavy atom. The number of aliphatic imine (C=N–C) groups is 1. The first-order valence-corrected chi connectivity index (χ1v) is 10.5. The molecule has 1 fully saturated rings. The lowest BCUT2D eigenvalue weighted by molar-refractivity contribution is -0.127. The van der Waals surface area contributed by atoms with Crippen LogP contribution in [0.3, 0.4) is 0 Å². The van der Waals surface area contributed by atoms with E-state index >= 15 is 0 Å². The summed E-state index contributed by atoms with van der Waals surface area (Å²) in [5.74, 6) is 1.32. The predicted octanol–water partition coefficient (Wildman–Crippen LogP) is 3.76. The molecule has 30 heavy (non-hydrogen) atoms. The Morgan fingerprint density at radius 3 is 2.60 bits per heavy atom. The predicted molar refractivity (Wildman–Crippen MR) is 135 cm³/mol. The molecule has 0 radical (unpaired) electrons. The summed E-state index contributed by atoms with van der Waals surface area (Å²) in [6.07, 6.45) is 2.37. The number of guanidine groups is 1. The summed E-state index contributed by atoms with van der Waals surface area (Å²) >= 11 is 6.03. The van der Waals surface area contributed by atoms with Gasteiger partial charge in [0.25, 0.3) is 0 Å². The van der Waals surface area contributed by atoms with Gasteiger partial charge in [-0.05, 0) is 36.1 Å². The average Bonchev–Trinajstić information content (AvgIpc) is 3.09. The quantitative estimate of drug-likeness (QED) is 0.305. The minimum Gasteiger partial charge on any atom is -0.356 e. The third kappa shape index (κ3) is 7.80. The first-order valence-electron chi connectivity index (χ1n) is 10.1. The van der Waals surface area contributed by atoms with Gasteiger partial charge in [0.2, 0.25) is 5.91 Å². The van der Waals surface area contributed by atoms with Crippen LogP contribution in [-0.2, 0) is 17.6 Å². The maximum Gasteiger partial charge on any atom is 0.223 e. The number of carbonyl (C=O) groups excluding carboxylic acids is 1. The van der Waals surface area contributed by atoms with Crippen LogP contribution in [0.25, 0.3) is 0 Å². The number of hydrogen-bond acceptors (Lipinski definition) is 2. The third-order valence-corrected chi connectivity index (χ3v) is 5.42. The van der Waals surface area contributed by atoms with Crippen molar-refractivity contribution < 1.29 is 4.79 Å². The highest BCUT2D eigenvalue weighted by molar-refractivity contribution is 14.0. The number of halogens is 2. The lowest BCUT2D eigenvalue weighted by atomic mass is 10.1. The summed E-state index contributed by atoms with van der Waals surface area (Å²) < 4.78 is 0. The first-order chi connectivity index (χ1) is 14.1. The van der Waals surface area contributed by atoms with Crippen LogP contribution >= 0.6 is 35.6 Å². The number of nitrogens with one attached hydrogen (secondary N) is 2. The molecule has 1 heterocycles. The number of amides is 1. The molecule has 0 spiro atoms. The van der Waals surface area contributed by atoms with E-state index in [2.05, 4.69) is 33.8 Å². The second-order valence-electron chi connectivity index (χ2n) is 7.41. The fraction of sp³-hybridized carbons (Fsp3) is 0.391. The molecule has 7 heteroatoms. The van der Waals surface area contributed by atoms with Gasteiger partial charge in [-0.1, -0.05) is 54.1 Å². The molecule has 2 N–H and O–H groups in total. The van der Waals surface area contributed by atoms with E-state index in [1.807, 2.05) is 41.3 Å². The fourth-order valence-corrected chi connectivity index (χ4v) is 3.81. The molecule has 3 rings (SSSR count). The molecule has 2 aromatic rings. The number of carbonyl (C=O) groups is 1. The van der Waals surface area contributed by atoms with Gasteiger partial charge in [-0.2, -0.15) is 0 Å². The average molecular weight is 541 g/mol. The van der Waals surface area contributed by atoms with Gasteiger partial charge in [0.05, 0.1) is 0 Å². The summed E-state index contributed by atoms with van der Waals surface area (Å²) in [5.41, 5.74) is 2.46. The Hall–Kier alpha value is -1.80. The molecule has 2 aromatic carbocycles. The maximum absolute atomic E-state index is 12.3. The molecule has 0 aliphatic carbocycles. The first kappa shape index (κ1) is 24.5. The Bertz CT molecular complexity index is 831. The molecule has 0 aromatic heterocycles. The highest BCUT2D eigenvalue weighted by atomic mass is 127. The molecule has 1 unspecified atom stereocenters. The Morgan fingerprint density at radius 2 is 1.87 bits per heavy atom. The smallest absolute Gasteiger partial charge is 0.223 e. The summed E-state index contributed by atoms with van der Waals surface area (Å²) in [4.78, 5) is 18.6. The van der Waals surface area contributed by atoms with Gasteiger partial charge < -0.3 is 15.5 Å². The maximum atomic E-state index is 12.3. The van der Waals surface area contributed by atoms with Gasteiger partial charge in [0.15, 0.2) is 5.96 Å². The van der Waals surface area contributed by atoms with Crippen molar-refractivity contribution in [2.75, 3.05) is 33.2 Å². The normalized spacial score (nSPS) is 16.3. The zero-order valence-corrected chi connectivity index (χ0v) is 20.4. The number of nitrogens with zero attached hydrogens (tertiary/aromatic N) is 2. The van der Waals surface area contributed by atoms with E-state index in [1.54, 1.807) is 7.05 Å². The van der Waals surface area contributed by atoms with E-state index in [0.717, 1.165) is 50.0 Å². The summed E-state index contributed by atoms with van der Waals surface area (Å²) in [6, 6.07) is 18.2. The Kier molecular flexibility index (Phi) is 10.4. The van der Waals surface area contributed by atoms with Gasteiger partial charge in [-0.15, -0.1) is 24.0 Å². The summed E-state index contributed by atoms with van der Waals surface area (Å²) in [6.45, 7) is 3.10. The topological polar surface area (TPSA) is 56.7 Å². The molecule has 1 saturated heterocycles. The van der Waals surface area contributed by atoms with Gasteiger partial charge in [0, 0.05) is 50.6 Å². The highest BCUT2D eigenvalue weighted by Crippen LogP contribution is 2.17. The van der Waals surface area contributed by atoms with Gasteiger partial charge in [-0.25, -0.2) is 0 Å². The molecular weight excluding hydrogens is 511 g/mol. The van der Waals surface area contributed by atoms with E-state index in [9.17, 15) is 4.79 Å². The molecule has 5 nitrogen and oxygen atoms in total. The molecule has 1 aliphatic rings. The zero-order valence-electron chi connectivity index (χ0n) is 17.3. The largest absolute Gasteiger partial charge is 0.356 e. The van der Waals surface area contributed by atoms with Crippen LogP contribution in [0.1, 0.15) is 17.5 Å². The van der Waals surface area contributed by atoms with Crippen LogP contribution in [-0.4, -0.2) is 50.0 Å². The third-order valence-electron chi connectivity index (χ3n) is 5.18.